The molecule has 8 nitrogen and oxygen atoms in total. The van der Waals surface area contributed by atoms with E-state index in [-0.39, 0.29) is 11.5 Å². The number of ether oxygens (including phenoxy) is 1. The number of aryl methyl sites for hydroxylation is 2. The van der Waals surface area contributed by atoms with Gasteiger partial charge in [-0.05, 0) is 32.0 Å². The number of hydrogen-bond donors (Lipinski definition) is 0. The highest BCUT2D eigenvalue weighted by Crippen LogP contribution is 2.34. The Hall–Kier alpha value is -5.24. The molecule has 6 aromatic rings. The maximum Gasteiger partial charge on any atom is 0.234 e. The number of benzene rings is 3. The van der Waals surface area contributed by atoms with E-state index in [1.807, 2.05) is 60.7 Å². The van der Waals surface area contributed by atoms with Crippen molar-refractivity contribution in [1.29, 1.82) is 0 Å². The van der Waals surface area contributed by atoms with Crippen molar-refractivity contribution in [3.05, 3.63) is 113 Å². The first-order chi connectivity index (χ1) is 19.0. The minimum atomic E-state index is -0.965. The van der Waals surface area contributed by atoms with E-state index in [1.54, 1.807) is 38.1 Å². The molecule has 0 amide bonds. The zero-order valence-electron chi connectivity index (χ0n) is 21.1. The topological polar surface area (TPSA) is 109 Å². The molecule has 0 fully saturated rings. The van der Waals surface area contributed by atoms with E-state index in [0.29, 0.717) is 57.0 Å². The number of rotatable bonds is 8. The highest BCUT2D eigenvalue weighted by Gasteiger charge is 2.27. The highest BCUT2D eigenvalue weighted by atomic mass is 16.5. The summed E-state index contributed by atoms with van der Waals surface area (Å²) < 4.78 is 22.8. The lowest BCUT2D eigenvalue weighted by atomic mass is 10.0. The van der Waals surface area contributed by atoms with E-state index in [4.69, 9.17) is 18.2 Å². The standard InChI is InChI=1S/C31H22N2O6/c1-18-27(29(32-38-18)20-9-5-3-6-10-20)26(17-34)36-23-14-13-22-15-25(37-24(22)16-23)31(35)28-19(2)39-33-30(28)21-11-7-4-8-12-21/h3-17,26H,1-2H3. The van der Waals surface area contributed by atoms with Gasteiger partial charge in [-0.25, -0.2) is 0 Å². The van der Waals surface area contributed by atoms with Gasteiger partial charge in [0.25, 0.3) is 0 Å². The van der Waals surface area contributed by atoms with Gasteiger partial charge in [-0.1, -0.05) is 71.0 Å². The summed E-state index contributed by atoms with van der Waals surface area (Å²) in [6.07, 6.45) is -0.263. The highest BCUT2D eigenvalue weighted by molar-refractivity contribution is 6.12. The number of aldehydes is 1. The lowest BCUT2D eigenvalue weighted by Gasteiger charge is -2.14. The molecule has 1 atom stereocenters. The molecule has 0 aliphatic rings. The van der Waals surface area contributed by atoms with Gasteiger partial charge in [0.2, 0.25) is 5.78 Å². The molecular weight excluding hydrogens is 496 g/mol. The average molecular weight is 519 g/mol. The zero-order valence-corrected chi connectivity index (χ0v) is 21.1. The van der Waals surface area contributed by atoms with Gasteiger partial charge >= 0.3 is 0 Å². The van der Waals surface area contributed by atoms with Crippen LogP contribution < -0.4 is 4.74 Å². The maximum atomic E-state index is 13.5. The normalized spacial score (nSPS) is 11.9. The van der Waals surface area contributed by atoms with Crippen LogP contribution in [0.3, 0.4) is 0 Å². The molecule has 6 rings (SSSR count). The fourth-order valence-electron chi connectivity index (χ4n) is 4.57. The van der Waals surface area contributed by atoms with Crippen molar-refractivity contribution in [3.8, 4) is 28.3 Å². The summed E-state index contributed by atoms with van der Waals surface area (Å²) >= 11 is 0. The summed E-state index contributed by atoms with van der Waals surface area (Å²) in [7, 11) is 0. The minimum absolute atomic E-state index is 0.138. The summed E-state index contributed by atoms with van der Waals surface area (Å²) in [6.45, 7) is 3.43. The Balaban J connectivity index is 1.31. The van der Waals surface area contributed by atoms with Crippen LogP contribution in [0.5, 0.6) is 5.75 Å². The van der Waals surface area contributed by atoms with Crippen molar-refractivity contribution >= 4 is 23.0 Å². The van der Waals surface area contributed by atoms with Gasteiger partial charge in [-0.3, -0.25) is 9.59 Å². The number of nitrogens with zero attached hydrogens (tertiary/aromatic N) is 2. The quantitative estimate of drug-likeness (QED) is 0.158. The van der Waals surface area contributed by atoms with Gasteiger partial charge in [0.1, 0.15) is 34.2 Å². The Morgan fingerprint density at radius 1 is 0.821 bits per heavy atom. The molecule has 0 bridgehead atoms. The Labute approximate surface area is 222 Å². The third-order valence-electron chi connectivity index (χ3n) is 6.48. The van der Waals surface area contributed by atoms with Gasteiger partial charge in [0.15, 0.2) is 18.2 Å². The van der Waals surface area contributed by atoms with E-state index in [1.165, 1.54) is 0 Å². The van der Waals surface area contributed by atoms with Crippen molar-refractivity contribution in [2.45, 2.75) is 20.0 Å². The maximum absolute atomic E-state index is 13.5. The van der Waals surface area contributed by atoms with Crippen molar-refractivity contribution in [2.24, 2.45) is 0 Å². The predicted molar refractivity (Wildman–Crippen MR) is 142 cm³/mol. The van der Waals surface area contributed by atoms with Gasteiger partial charge in [0, 0.05) is 22.6 Å². The lowest BCUT2D eigenvalue weighted by Crippen LogP contribution is -2.10. The minimum Gasteiger partial charge on any atom is -0.478 e. The summed E-state index contributed by atoms with van der Waals surface area (Å²) in [5.74, 6) is 1.06. The molecule has 0 saturated heterocycles. The Morgan fingerprint density at radius 2 is 1.46 bits per heavy atom. The summed E-state index contributed by atoms with van der Waals surface area (Å²) in [6, 6.07) is 25.6. The molecule has 0 aliphatic carbocycles. The van der Waals surface area contributed by atoms with Crippen LogP contribution in [0.25, 0.3) is 33.5 Å². The Kier molecular flexibility index (Phi) is 6.13. The van der Waals surface area contributed by atoms with Crippen LogP contribution in [-0.4, -0.2) is 22.4 Å². The van der Waals surface area contributed by atoms with Crippen LogP contribution >= 0.6 is 0 Å². The largest absolute Gasteiger partial charge is 0.478 e. The van der Waals surface area contributed by atoms with Crippen molar-refractivity contribution in [2.75, 3.05) is 0 Å². The van der Waals surface area contributed by atoms with Crippen LogP contribution in [0.1, 0.15) is 39.3 Å². The second-order valence-electron chi connectivity index (χ2n) is 9.01. The number of ketones is 1. The Morgan fingerprint density at radius 3 is 2.15 bits per heavy atom. The lowest BCUT2D eigenvalue weighted by molar-refractivity contribution is -0.113. The van der Waals surface area contributed by atoms with E-state index in [2.05, 4.69) is 10.3 Å². The third kappa shape index (κ3) is 4.42. The molecule has 0 N–H and O–H groups in total. The molecule has 0 aliphatic heterocycles. The fraction of sp³-hybridized carbons (Fsp3) is 0.0968. The van der Waals surface area contributed by atoms with Crippen LogP contribution in [-0.2, 0) is 4.79 Å². The molecule has 3 heterocycles. The van der Waals surface area contributed by atoms with Crippen molar-refractivity contribution < 1.29 is 27.8 Å². The zero-order chi connectivity index (χ0) is 26.9. The molecule has 8 heteroatoms. The predicted octanol–water partition coefficient (Wildman–Crippen LogP) is 6.91. The van der Waals surface area contributed by atoms with E-state index >= 15 is 0 Å². The number of furan rings is 1. The molecule has 39 heavy (non-hydrogen) atoms. The molecule has 0 spiro atoms. The van der Waals surface area contributed by atoms with E-state index in [0.717, 1.165) is 11.1 Å². The SMILES string of the molecule is Cc1onc(-c2ccccc2)c1C(=O)c1cc2ccc(OC(C=O)c3c(-c4ccccc4)noc3C)cc2o1. The average Bonchev–Trinajstić information content (AvgIpc) is 3.68. The molecular formula is C31H22N2O6. The molecule has 1 unspecified atom stereocenters. The number of carbonyl (C=O) groups is 2. The van der Waals surface area contributed by atoms with E-state index in [9.17, 15) is 9.59 Å². The number of fused-ring (bicyclic) bond motifs is 1. The van der Waals surface area contributed by atoms with Crippen molar-refractivity contribution in [1.82, 2.24) is 10.3 Å². The van der Waals surface area contributed by atoms with Crippen LogP contribution in [0, 0.1) is 13.8 Å². The van der Waals surface area contributed by atoms with E-state index < -0.39 is 6.10 Å². The second-order valence-corrected chi connectivity index (χ2v) is 9.01. The first-order valence-electron chi connectivity index (χ1n) is 12.3. The van der Waals surface area contributed by atoms with Gasteiger partial charge < -0.3 is 18.2 Å². The molecule has 0 saturated carbocycles. The molecule has 3 aromatic carbocycles. The van der Waals surface area contributed by atoms with Crippen LogP contribution in [0.15, 0.2) is 98.4 Å². The first kappa shape index (κ1) is 24.1. The molecule has 0 radical (unpaired) electrons. The first-order valence-corrected chi connectivity index (χ1v) is 12.3. The van der Waals surface area contributed by atoms with Crippen LogP contribution in [0.2, 0.25) is 0 Å². The van der Waals surface area contributed by atoms with Crippen LogP contribution in [0.4, 0.5) is 0 Å². The number of hydrogen-bond acceptors (Lipinski definition) is 8. The summed E-state index contributed by atoms with van der Waals surface area (Å²) in [5, 5.41) is 8.95. The second kappa shape index (κ2) is 9.90. The summed E-state index contributed by atoms with van der Waals surface area (Å²) in [5.41, 5.74) is 3.88. The fourth-order valence-corrected chi connectivity index (χ4v) is 4.57. The monoisotopic (exact) mass is 518 g/mol. The molecule has 3 aromatic heterocycles. The van der Waals surface area contributed by atoms with Gasteiger partial charge in [-0.2, -0.15) is 0 Å². The Bertz CT molecular complexity index is 1800. The van der Waals surface area contributed by atoms with Crippen molar-refractivity contribution in [3.63, 3.8) is 0 Å². The van der Waals surface area contributed by atoms with Gasteiger partial charge in [-0.15, -0.1) is 0 Å². The number of aromatic nitrogens is 2. The molecule has 192 valence electrons. The number of carbonyl (C=O) groups excluding carboxylic acids is 2. The van der Waals surface area contributed by atoms with Gasteiger partial charge in [0.05, 0.1) is 11.1 Å². The summed E-state index contributed by atoms with van der Waals surface area (Å²) in [4.78, 5) is 25.6. The smallest absolute Gasteiger partial charge is 0.234 e. The third-order valence-corrected chi connectivity index (χ3v) is 6.48.